The molecule has 1 N–H and O–H groups in total. The highest BCUT2D eigenvalue weighted by atomic mass is 16.5. The molecule has 0 bridgehead atoms. The largest absolute Gasteiger partial charge is 0.383 e. The van der Waals surface area contributed by atoms with Gasteiger partial charge >= 0.3 is 0 Å². The molecule has 0 fully saturated rings. The van der Waals surface area contributed by atoms with E-state index in [1.807, 2.05) is 13.8 Å². The normalized spacial score (nSPS) is 9.47. The SMILES string of the molecule is CC.CCCc1cc(C)ccc1NCCOC. The van der Waals surface area contributed by atoms with Crippen LogP contribution >= 0.6 is 0 Å². The maximum atomic E-state index is 5.02. The zero-order valence-electron chi connectivity index (χ0n) is 12.0. The molecule has 1 aromatic rings. The summed E-state index contributed by atoms with van der Waals surface area (Å²) in [6, 6.07) is 6.57. The first-order chi connectivity index (χ1) is 8.27. The molecule has 2 nitrogen and oxygen atoms in total. The van der Waals surface area contributed by atoms with Gasteiger partial charge in [0, 0.05) is 19.3 Å². The van der Waals surface area contributed by atoms with Crippen molar-refractivity contribution in [3.63, 3.8) is 0 Å². The van der Waals surface area contributed by atoms with Crippen LogP contribution in [0.15, 0.2) is 18.2 Å². The molecule has 1 aromatic carbocycles. The molecule has 0 radical (unpaired) electrons. The summed E-state index contributed by atoms with van der Waals surface area (Å²) in [5.74, 6) is 0. The smallest absolute Gasteiger partial charge is 0.0635 e. The fourth-order valence-corrected chi connectivity index (χ4v) is 1.66. The molecule has 0 aromatic heterocycles. The minimum atomic E-state index is 0.749. The van der Waals surface area contributed by atoms with Gasteiger partial charge < -0.3 is 10.1 Å². The second-order valence-electron chi connectivity index (χ2n) is 3.83. The van der Waals surface area contributed by atoms with Crippen LogP contribution in [-0.2, 0) is 11.2 Å². The van der Waals surface area contributed by atoms with Crippen molar-refractivity contribution in [1.82, 2.24) is 0 Å². The third-order valence-electron chi connectivity index (χ3n) is 2.40. The number of hydrogen-bond acceptors (Lipinski definition) is 2. The fourth-order valence-electron chi connectivity index (χ4n) is 1.66. The predicted octanol–water partition coefficient (Wildman–Crippen LogP) is 4.03. The molecule has 2 heteroatoms. The Hall–Kier alpha value is -1.02. The molecule has 0 unspecified atom stereocenters. The van der Waals surface area contributed by atoms with Gasteiger partial charge in [0.25, 0.3) is 0 Å². The van der Waals surface area contributed by atoms with Crippen molar-refractivity contribution in [3.05, 3.63) is 29.3 Å². The highest BCUT2D eigenvalue weighted by molar-refractivity contribution is 5.52. The van der Waals surface area contributed by atoms with E-state index < -0.39 is 0 Å². The lowest BCUT2D eigenvalue weighted by Gasteiger charge is -2.12. The van der Waals surface area contributed by atoms with Gasteiger partial charge in [-0.15, -0.1) is 0 Å². The van der Waals surface area contributed by atoms with E-state index in [0.29, 0.717) is 0 Å². The Kier molecular flexibility index (Phi) is 9.55. The van der Waals surface area contributed by atoms with Gasteiger partial charge in [0.2, 0.25) is 0 Å². The van der Waals surface area contributed by atoms with Crippen LogP contribution in [0.5, 0.6) is 0 Å². The summed E-state index contributed by atoms with van der Waals surface area (Å²) in [4.78, 5) is 0. The van der Waals surface area contributed by atoms with Crippen LogP contribution in [0.2, 0.25) is 0 Å². The van der Waals surface area contributed by atoms with Gasteiger partial charge in [-0.2, -0.15) is 0 Å². The molecular weight excluding hydrogens is 210 g/mol. The number of benzene rings is 1. The lowest BCUT2D eigenvalue weighted by Crippen LogP contribution is -2.09. The van der Waals surface area contributed by atoms with Crippen molar-refractivity contribution in [1.29, 1.82) is 0 Å². The minimum absolute atomic E-state index is 0.749. The van der Waals surface area contributed by atoms with Crippen molar-refractivity contribution in [3.8, 4) is 0 Å². The monoisotopic (exact) mass is 237 g/mol. The van der Waals surface area contributed by atoms with Crippen molar-refractivity contribution in [2.24, 2.45) is 0 Å². The number of aryl methyl sites for hydroxylation is 2. The van der Waals surface area contributed by atoms with Crippen molar-refractivity contribution in [2.75, 3.05) is 25.6 Å². The molecule has 0 atom stereocenters. The summed E-state index contributed by atoms with van der Waals surface area (Å²) in [5, 5.41) is 3.40. The van der Waals surface area contributed by atoms with E-state index in [1.54, 1.807) is 7.11 Å². The third-order valence-corrected chi connectivity index (χ3v) is 2.40. The van der Waals surface area contributed by atoms with Gasteiger partial charge in [-0.25, -0.2) is 0 Å². The zero-order chi connectivity index (χ0) is 13.1. The second kappa shape index (κ2) is 10.2. The van der Waals surface area contributed by atoms with E-state index in [0.717, 1.165) is 19.6 Å². The Balaban J connectivity index is 0.00000121. The minimum Gasteiger partial charge on any atom is -0.383 e. The maximum absolute atomic E-state index is 5.02. The van der Waals surface area contributed by atoms with E-state index in [2.05, 4.69) is 37.4 Å². The van der Waals surface area contributed by atoms with Gasteiger partial charge in [0.1, 0.15) is 0 Å². The first-order valence-corrected chi connectivity index (χ1v) is 6.60. The third kappa shape index (κ3) is 6.32. The number of hydrogen-bond donors (Lipinski definition) is 1. The Morgan fingerprint density at radius 1 is 1.24 bits per heavy atom. The molecule has 98 valence electrons. The van der Waals surface area contributed by atoms with Crippen molar-refractivity contribution >= 4 is 5.69 Å². The summed E-state index contributed by atoms with van der Waals surface area (Å²) in [7, 11) is 1.73. The van der Waals surface area contributed by atoms with Gasteiger partial charge in [-0.05, 0) is 25.0 Å². The second-order valence-corrected chi connectivity index (χ2v) is 3.83. The molecule has 0 amide bonds. The van der Waals surface area contributed by atoms with Gasteiger partial charge in [0.05, 0.1) is 6.61 Å². The molecule has 0 aliphatic rings. The number of anilines is 1. The Labute approximate surface area is 106 Å². The van der Waals surface area contributed by atoms with E-state index >= 15 is 0 Å². The van der Waals surface area contributed by atoms with Crippen LogP contribution in [0.1, 0.15) is 38.3 Å². The Morgan fingerprint density at radius 3 is 2.53 bits per heavy atom. The summed E-state index contributed by atoms with van der Waals surface area (Å²) in [5.41, 5.74) is 3.99. The molecular formula is C15H27NO. The zero-order valence-corrected chi connectivity index (χ0v) is 12.0. The summed E-state index contributed by atoms with van der Waals surface area (Å²) < 4.78 is 5.02. The number of ether oxygens (including phenoxy) is 1. The van der Waals surface area contributed by atoms with Crippen molar-refractivity contribution in [2.45, 2.75) is 40.5 Å². The number of rotatable bonds is 6. The molecule has 0 saturated carbocycles. The Morgan fingerprint density at radius 2 is 1.94 bits per heavy atom. The van der Waals surface area contributed by atoms with E-state index in [9.17, 15) is 0 Å². The first kappa shape index (κ1) is 16.0. The molecule has 0 aliphatic carbocycles. The van der Waals surface area contributed by atoms with E-state index in [1.165, 1.54) is 23.2 Å². The molecule has 0 saturated heterocycles. The summed E-state index contributed by atoms with van der Waals surface area (Å²) >= 11 is 0. The van der Waals surface area contributed by atoms with Crippen LogP contribution in [0.3, 0.4) is 0 Å². The van der Waals surface area contributed by atoms with Crippen LogP contribution < -0.4 is 5.32 Å². The lowest BCUT2D eigenvalue weighted by atomic mass is 10.1. The highest BCUT2D eigenvalue weighted by Crippen LogP contribution is 2.18. The van der Waals surface area contributed by atoms with Crippen LogP contribution in [0, 0.1) is 6.92 Å². The van der Waals surface area contributed by atoms with Crippen LogP contribution in [-0.4, -0.2) is 20.3 Å². The summed E-state index contributed by atoms with van der Waals surface area (Å²) in [6.07, 6.45) is 2.32. The summed E-state index contributed by atoms with van der Waals surface area (Å²) in [6.45, 7) is 9.97. The van der Waals surface area contributed by atoms with Crippen molar-refractivity contribution < 1.29 is 4.74 Å². The topological polar surface area (TPSA) is 21.3 Å². The molecule has 1 rings (SSSR count). The van der Waals surface area contributed by atoms with E-state index in [-0.39, 0.29) is 0 Å². The molecule has 17 heavy (non-hydrogen) atoms. The standard InChI is InChI=1S/C13H21NO.C2H6/c1-4-5-12-10-11(2)6-7-13(12)14-8-9-15-3;1-2/h6-7,10,14H,4-5,8-9H2,1-3H3;1-2H3. The fraction of sp³-hybridized carbons (Fsp3) is 0.600. The average Bonchev–Trinajstić information content (AvgIpc) is 2.35. The predicted molar refractivity (Wildman–Crippen MR) is 76.9 cm³/mol. The van der Waals surface area contributed by atoms with Gasteiger partial charge in [0.15, 0.2) is 0 Å². The van der Waals surface area contributed by atoms with Gasteiger partial charge in [-0.3, -0.25) is 0 Å². The van der Waals surface area contributed by atoms with Crippen LogP contribution in [0.25, 0.3) is 0 Å². The highest BCUT2D eigenvalue weighted by Gasteiger charge is 2.01. The molecule has 0 heterocycles. The molecule has 0 aliphatic heterocycles. The Bertz CT molecular complexity index is 297. The number of methoxy groups -OCH3 is 1. The lowest BCUT2D eigenvalue weighted by molar-refractivity contribution is 0.211. The quantitative estimate of drug-likeness (QED) is 0.754. The van der Waals surface area contributed by atoms with Gasteiger partial charge in [-0.1, -0.05) is 44.9 Å². The average molecular weight is 237 g/mol. The maximum Gasteiger partial charge on any atom is 0.0635 e. The number of nitrogens with one attached hydrogen (secondary N) is 1. The van der Waals surface area contributed by atoms with Crippen LogP contribution in [0.4, 0.5) is 5.69 Å². The molecule has 0 spiro atoms. The van der Waals surface area contributed by atoms with E-state index in [4.69, 9.17) is 4.74 Å². The first-order valence-electron chi connectivity index (χ1n) is 6.60.